The Morgan fingerprint density at radius 2 is 1.53 bits per heavy atom. The Balaban J connectivity index is 1.96. The molecular formula is C13H12O2. The molecule has 0 heterocycles. The summed E-state index contributed by atoms with van der Waals surface area (Å²) in [6, 6.07) is 16.7. The lowest BCUT2D eigenvalue weighted by Gasteiger charge is -2.05. The highest BCUT2D eigenvalue weighted by molar-refractivity contribution is 5.26. The van der Waals surface area contributed by atoms with Crippen LogP contribution in [-0.4, -0.2) is 5.11 Å². The third-order valence-electron chi connectivity index (χ3n) is 2.09. The largest absolute Gasteiger partial charge is 0.508 e. The molecule has 2 aromatic carbocycles. The van der Waals surface area contributed by atoms with Gasteiger partial charge in [0.15, 0.2) is 0 Å². The Hall–Kier alpha value is -1.96. The van der Waals surface area contributed by atoms with Gasteiger partial charge in [0.25, 0.3) is 0 Å². The van der Waals surface area contributed by atoms with E-state index in [1.165, 1.54) is 0 Å². The zero-order valence-electron chi connectivity index (χ0n) is 8.26. The predicted molar refractivity (Wildman–Crippen MR) is 58.9 cm³/mol. The molecule has 0 spiro atoms. The van der Waals surface area contributed by atoms with Crippen LogP contribution in [0.15, 0.2) is 54.6 Å². The fourth-order valence-electron chi connectivity index (χ4n) is 1.28. The van der Waals surface area contributed by atoms with Crippen LogP contribution in [0.3, 0.4) is 0 Å². The Bertz CT molecular complexity index is 406. The molecule has 0 aliphatic carbocycles. The third-order valence-corrected chi connectivity index (χ3v) is 2.09. The van der Waals surface area contributed by atoms with E-state index in [2.05, 4.69) is 0 Å². The summed E-state index contributed by atoms with van der Waals surface area (Å²) in [5.74, 6) is 1.13. The minimum Gasteiger partial charge on any atom is -0.508 e. The second-order valence-corrected chi connectivity index (χ2v) is 3.27. The van der Waals surface area contributed by atoms with Crippen molar-refractivity contribution in [1.29, 1.82) is 0 Å². The molecule has 0 fully saturated rings. The molecule has 2 nitrogen and oxygen atoms in total. The molecule has 76 valence electrons. The van der Waals surface area contributed by atoms with Crippen molar-refractivity contribution >= 4 is 0 Å². The van der Waals surface area contributed by atoms with Crippen LogP contribution >= 0.6 is 0 Å². The summed E-state index contributed by atoms with van der Waals surface area (Å²) in [7, 11) is 0. The van der Waals surface area contributed by atoms with Gasteiger partial charge < -0.3 is 9.84 Å². The second-order valence-electron chi connectivity index (χ2n) is 3.27. The maximum absolute atomic E-state index is 9.10. The molecule has 0 bridgehead atoms. The van der Waals surface area contributed by atoms with E-state index in [0.717, 1.165) is 11.3 Å². The van der Waals surface area contributed by atoms with Gasteiger partial charge in [-0.2, -0.15) is 0 Å². The number of hydrogen-bond donors (Lipinski definition) is 1. The average Bonchev–Trinajstić information content (AvgIpc) is 2.30. The van der Waals surface area contributed by atoms with E-state index < -0.39 is 0 Å². The molecule has 2 heteroatoms. The van der Waals surface area contributed by atoms with E-state index in [9.17, 15) is 0 Å². The number of hydrogen-bond acceptors (Lipinski definition) is 2. The van der Waals surface area contributed by atoms with E-state index in [0.29, 0.717) is 6.61 Å². The summed E-state index contributed by atoms with van der Waals surface area (Å²) in [6.07, 6.45) is 0. The quantitative estimate of drug-likeness (QED) is 0.825. The summed E-state index contributed by atoms with van der Waals surface area (Å²) in [6.45, 7) is 0.518. The average molecular weight is 200 g/mol. The third kappa shape index (κ3) is 2.74. The van der Waals surface area contributed by atoms with Crippen LogP contribution in [0.1, 0.15) is 5.56 Å². The van der Waals surface area contributed by atoms with E-state index in [-0.39, 0.29) is 5.75 Å². The van der Waals surface area contributed by atoms with Crippen molar-refractivity contribution < 1.29 is 9.84 Å². The fourth-order valence-corrected chi connectivity index (χ4v) is 1.28. The van der Waals surface area contributed by atoms with Gasteiger partial charge in [0.1, 0.15) is 18.1 Å². The summed E-state index contributed by atoms with van der Waals surface area (Å²) in [5.41, 5.74) is 1.04. The summed E-state index contributed by atoms with van der Waals surface area (Å²) in [5, 5.41) is 9.10. The van der Waals surface area contributed by atoms with Gasteiger partial charge in [-0.1, -0.05) is 30.3 Å². The van der Waals surface area contributed by atoms with Crippen molar-refractivity contribution in [2.24, 2.45) is 0 Å². The number of aromatic hydroxyl groups is 1. The van der Waals surface area contributed by atoms with E-state index in [1.807, 2.05) is 42.5 Å². The minimum atomic E-state index is 0.276. The number of rotatable bonds is 3. The number of phenolic OH excluding ortho intramolecular Hbond substituents is 1. The van der Waals surface area contributed by atoms with Gasteiger partial charge in [-0.15, -0.1) is 0 Å². The van der Waals surface area contributed by atoms with Crippen LogP contribution < -0.4 is 4.74 Å². The maximum Gasteiger partial charge on any atom is 0.119 e. The lowest BCUT2D eigenvalue weighted by Crippen LogP contribution is -1.94. The molecule has 0 saturated carbocycles. The van der Waals surface area contributed by atoms with Crippen LogP contribution in [0.4, 0.5) is 0 Å². The van der Waals surface area contributed by atoms with Crippen molar-refractivity contribution in [3.05, 3.63) is 60.2 Å². The van der Waals surface area contributed by atoms with Crippen molar-refractivity contribution in [3.8, 4) is 11.5 Å². The molecule has 0 atom stereocenters. The van der Waals surface area contributed by atoms with Gasteiger partial charge in [0.2, 0.25) is 0 Å². The van der Waals surface area contributed by atoms with E-state index >= 15 is 0 Å². The van der Waals surface area contributed by atoms with Crippen LogP contribution in [0, 0.1) is 0 Å². The first-order valence-corrected chi connectivity index (χ1v) is 4.80. The Morgan fingerprint density at radius 1 is 0.867 bits per heavy atom. The summed E-state index contributed by atoms with van der Waals surface area (Å²) < 4.78 is 5.55. The van der Waals surface area contributed by atoms with Crippen LogP contribution in [0.5, 0.6) is 11.5 Å². The molecule has 0 saturated heterocycles. The Morgan fingerprint density at radius 3 is 2.20 bits per heavy atom. The molecule has 2 aromatic rings. The van der Waals surface area contributed by atoms with Crippen LogP contribution in [0.25, 0.3) is 0 Å². The minimum absolute atomic E-state index is 0.276. The standard InChI is InChI=1S/C13H12O2/c14-12-8-6-11(7-9-12)10-15-13-4-2-1-3-5-13/h1-9,14H,10H2. The normalized spacial score (nSPS) is 9.87. The Kier molecular flexibility index (Phi) is 2.88. The molecular weight excluding hydrogens is 188 g/mol. The molecule has 0 aliphatic rings. The zero-order chi connectivity index (χ0) is 10.5. The van der Waals surface area contributed by atoms with Gasteiger partial charge in [0, 0.05) is 0 Å². The maximum atomic E-state index is 9.10. The van der Waals surface area contributed by atoms with Crippen molar-refractivity contribution in [2.45, 2.75) is 6.61 Å². The van der Waals surface area contributed by atoms with E-state index in [4.69, 9.17) is 9.84 Å². The number of para-hydroxylation sites is 1. The predicted octanol–water partition coefficient (Wildman–Crippen LogP) is 2.97. The molecule has 0 radical (unpaired) electrons. The first-order chi connectivity index (χ1) is 7.34. The van der Waals surface area contributed by atoms with Gasteiger partial charge in [-0.3, -0.25) is 0 Å². The summed E-state index contributed by atoms with van der Waals surface area (Å²) in [4.78, 5) is 0. The molecule has 0 aromatic heterocycles. The highest BCUT2D eigenvalue weighted by Crippen LogP contribution is 2.13. The first-order valence-electron chi connectivity index (χ1n) is 4.80. The SMILES string of the molecule is Oc1ccc(COc2ccccc2)cc1. The number of ether oxygens (including phenoxy) is 1. The van der Waals surface area contributed by atoms with Gasteiger partial charge in [0.05, 0.1) is 0 Å². The van der Waals surface area contributed by atoms with Gasteiger partial charge in [-0.25, -0.2) is 0 Å². The van der Waals surface area contributed by atoms with Gasteiger partial charge in [-0.05, 0) is 29.8 Å². The summed E-state index contributed by atoms with van der Waals surface area (Å²) >= 11 is 0. The van der Waals surface area contributed by atoms with Crippen molar-refractivity contribution in [2.75, 3.05) is 0 Å². The number of phenols is 1. The molecule has 1 N–H and O–H groups in total. The zero-order valence-corrected chi connectivity index (χ0v) is 8.26. The Labute approximate surface area is 88.8 Å². The highest BCUT2D eigenvalue weighted by atomic mass is 16.5. The van der Waals surface area contributed by atoms with Crippen LogP contribution in [-0.2, 0) is 6.61 Å². The molecule has 0 amide bonds. The lowest BCUT2D eigenvalue weighted by molar-refractivity contribution is 0.306. The van der Waals surface area contributed by atoms with Crippen molar-refractivity contribution in [3.63, 3.8) is 0 Å². The molecule has 0 unspecified atom stereocenters. The smallest absolute Gasteiger partial charge is 0.119 e. The first kappa shape index (κ1) is 9.59. The fraction of sp³-hybridized carbons (Fsp3) is 0.0769. The number of benzene rings is 2. The highest BCUT2D eigenvalue weighted by Gasteiger charge is 1.95. The monoisotopic (exact) mass is 200 g/mol. The molecule has 15 heavy (non-hydrogen) atoms. The topological polar surface area (TPSA) is 29.5 Å². The second kappa shape index (κ2) is 4.51. The molecule has 0 aliphatic heterocycles. The van der Waals surface area contributed by atoms with Crippen molar-refractivity contribution in [1.82, 2.24) is 0 Å². The lowest BCUT2D eigenvalue weighted by atomic mass is 10.2. The van der Waals surface area contributed by atoms with Gasteiger partial charge >= 0.3 is 0 Å². The van der Waals surface area contributed by atoms with Crippen LogP contribution in [0.2, 0.25) is 0 Å². The molecule has 2 rings (SSSR count). The van der Waals surface area contributed by atoms with E-state index in [1.54, 1.807) is 12.1 Å².